The second kappa shape index (κ2) is 7.70. The van der Waals surface area contributed by atoms with E-state index in [2.05, 4.69) is 25.9 Å². The van der Waals surface area contributed by atoms with Crippen LogP contribution in [-0.4, -0.2) is 37.6 Å². The summed E-state index contributed by atoms with van der Waals surface area (Å²) in [5.74, 6) is 0.0407. The predicted molar refractivity (Wildman–Crippen MR) is 117 cm³/mol. The molecule has 2 aromatic heterocycles. The number of hydrogen-bond donors (Lipinski definition) is 4. The minimum absolute atomic E-state index is 0.197. The molecule has 10 heteroatoms. The van der Waals surface area contributed by atoms with Crippen LogP contribution in [0.3, 0.4) is 0 Å². The van der Waals surface area contributed by atoms with Gasteiger partial charge in [-0.25, -0.2) is 9.97 Å². The fourth-order valence-corrected chi connectivity index (χ4v) is 5.00. The van der Waals surface area contributed by atoms with Crippen molar-refractivity contribution in [3.05, 3.63) is 40.1 Å². The lowest BCUT2D eigenvalue weighted by molar-refractivity contribution is -0.126. The maximum Gasteiger partial charge on any atom is 0.276 e. The lowest BCUT2D eigenvalue weighted by Gasteiger charge is -2.35. The summed E-state index contributed by atoms with van der Waals surface area (Å²) in [5, 5.41) is 18.2. The van der Waals surface area contributed by atoms with Gasteiger partial charge in [0, 0.05) is 12.0 Å². The van der Waals surface area contributed by atoms with Crippen LogP contribution >= 0.6 is 0 Å². The highest BCUT2D eigenvalue weighted by Gasteiger charge is 2.45. The van der Waals surface area contributed by atoms with E-state index in [1.54, 1.807) is 16.7 Å². The molecule has 2 fully saturated rings. The van der Waals surface area contributed by atoms with Gasteiger partial charge in [-0.3, -0.25) is 19.0 Å². The first-order valence-electron chi connectivity index (χ1n) is 11.0. The molecule has 0 saturated heterocycles. The number of aryl methyl sites for hydroxylation is 1. The predicted octanol–water partition coefficient (Wildman–Crippen LogP) is 1.76. The molecule has 0 aromatic carbocycles. The molecule has 10 nitrogen and oxygen atoms in total. The van der Waals surface area contributed by atoms with Gasteiger partial charge < -0.3 is 21.1 Å². The number of fused-ring (bicyclic) bond motifs is 2. The number of nitrogens with one attached hydrogen (secondary N) is 3. The Balaban J connectivity index is 1.43. The first kappa shape index (κ1) is 20.6. The monoisotopic (exact) mass is 438 g/mol. The molecule has 2 amide bonds. The van der Waals surface area contributed by atoms with Crippen LogP contribution in [0.25, 0.3) is 0 Å². The normalized spacial score (nSPS) is 23.2. The highest BCUT2D eigenvalue weighted by molar-refractivity contribution is 5.97. The molecule has 32 heavy (non-hydrogen) atoms. The van der Waals surface area contributed by atoms with Crippen LogP contribution in [0.1, 0.15) is 61.0 Å². The van der Waals surface area contributed by atoms with Crippen LogP contribution in [0.15, 0.2) is 23.3 Å². The van der Waals surface area contributed by atoms with E-state index in [9.17, 15) is 19.5 Å². The Kier molecular flexibility index (Phi) is 4.96. The van der Waals surface area contributed by atoms with Gasteiger partial charge in [-0.15, -0.1) is 0 Å². The summed E-state index contributed by atoms with van der Waals surface area (Å²) in [6.45, 7) is 1.82. The van der Waals surface area contributed by atoms with Gasteiger partial charge in [0.05, 0.1) is 6.10 Å². The van der Waals surface area contributed by atoms with Gasteiger partial charge in [0.15, 0.2) is 0 Å². The van der Waals surface area contributed by atoms with E-state index in [-0.39, 0.29) is 23.3 Å². The highest BCUT2D eigenvalue weighted by Crippen LogP contribution is 2.37. The zero-order valence-corrected chi connectivity index (χ0v) is 17.9. The van der Waals surface area contributed by atoms with Gasteiger partial charge in [-0.2, -0.15) is 0 Å². The van der Waals surface area contributed by atoms with E-state index in [1.165, 1.54) is 6.33 Å². The summed E-state index contributed by atoms with van der Waals surface area (Å²) < 4.78 is 1.62. The lowest BCUT2D eigenvalue weighted by atomic mass is 9.82. The highest BCUT2D eigenvalue weighted by atomic mass is 16.3. The van der Waals surface area contributed by atoms with E-state index >= 15 is 0 Å². The molecule has 2 aliphatic carbocycles. The Morgan fingerprint density at radius 3 is 2.59 bits per heavy atom. The van der Waals surface area contributed by atoms with Crippen molar-refractivity contribution in [2.75, 3.05) is 10.6 Å². The molecule has 2 aromatic rings. The van der Waals surface area contributed by atoms with Crippen LogP contribution in [0.2, 0.25) is 0 Å². The zero-order valence-electron chi connectivity index (χ0n) is 17.9. The molecule has 3 aliphatic rings. The number of pyridine rings is 1. The van der Waals surface area contributed by atoms with E-state index in [1.807, 2.05) is 6.92 Å². The van der Waals surface area contributed by atoms with Crippen molar-refractivity contribution in [3.8, 4) is 0 Å². The molecule has 0 atom stereocenters. The minimum Gasteiger partial charge on any atom is -0.393 e. The second-order valence-corrected chi connectivity index (χ2v) is 9.00. The van der Waals surface area contributed by atoms with Gasteiger partial charge in [0.1, 0.15) is 35.0 Å². The molecule has 4 N–H and O–H groups in total. The number of aliphatic hydroxyl groups is 1. The molecule has 5 rings (SSSR count). The molecule has 168 valence electrons. The first-order valence-corrected chi connectivity index (χ1v) is 11.0. The number of amides is 2. The Morgan fingerprint density at radius 1 is 1.16 bits per heavy atom. The molecule has 0 unspecified atom stereocenters. The molecule has 1 spiro atoms. The minimum atomic E-state index is -0.664. The summed E-state index contributed by atoms with van der Waals surface area (Å²) in [6, 6.07) is 3.21. The summed E-state index contributed by atoms with van der Waals surface area (Å²) in [4.78, 5) is 46.6. The number of anilines is 3. The van der Waals surface area contributed by atoms with Crippen molar-refractivity contribution in [2.24, 2.45) is 5.92 Å². The van der Waals surface area contributed by atoms with Crippen molar-refractivity contribution in [2.45, 2.75) is 63.6 Å². The maximum atomic E-state index is 13.4. The average molecular weight is 438 g/mol. The molecule has 2 saturated carbocycles. The quantitative estimate of drug-likeness (QED) is 0.571. The van der Waals surface area contributed by atoms with E-state index in [4.69, 9.17) is 0 Å². The average Bonchev–Trinajstić information content (AvgIpc) is 3.02. The van der Waals surface area contributed by atoms with Gasteiger partial charge in [-0.1, -0.05) is 6.42 Å². The Labute approximate surface area is 184 Å². The summed E-state index contributed by atoms with van der Waals surface area (Å²) in [5.41, 5.74) is 0.491. The Morgan fingerprint density at radius 2 is 1.88 bits per heavy atom. The largest absolute Gasteiger partial charge is 0.393 e. The second-order valence-electron chi connectivity index (χ2n) is 9.00. The third-order valence-electron chi connectivity index (χ3n) is 6.73. The van der Waals surface area contributed by atoms with Crippen LogP contribution in [0.5, 0.6) is 0 Å². The van der Waals surface area contributed by atoms with E-state index in [0.29, 0.717) is 41.4 Å². The van der Waals surface area contributed by atoms with E-state index in [0.717, 1.165) is 32.1 Å². The number of nitrogens with zero attached hydrogens (tertiary/aromatic N) is 3. The number of carbonyl (C=O) groups excluding carboxylic acids is 2. The summed E-state index contributed by atoms with van der Waals surface area (Å²) in [6.07, 6.45) is 6.24. The van der Waals surface area contributed by atoms with Crippen molar-refractivity contribution in [3.63, 3.8) is 0 Å². The van der Waals surface area contributed by atoms with Gasteiger partial charge in [-0.05, 0) is 57.1 Å². The summed E-state index contributed by atoms with van der Waals surface area (Å²) >= 11 is 0. The topological polar surface area (TPSA) is 138 Å². The molecule has 1 aliphatic heterocycles. The van der Waals surface area contributed by atoms with Gasteiger partial charge >= 0.3 is 0 Å². The third kappa shape index (κ3) is 3.44. The number of aromatic nitrogens is 3. The first-order chi connectivity index (χ1) is 15.4. The Bertz CT molecular complexity index is 1150. The standard InChI is InChI=1S/C22H26N6O4/c1-12-7-15(21(32)28-18(12)20(31)27-22(28)5-3-2-4-6-22)25-16-10-17(24-11-23-16)26-19(30)13-8-14(29)9-13/h7,10-11,13-14,29H,2-6,8-9H2,1H3,(H,27,31)(H2,23,24,25,26,30). The van der Waals surface area contributed by atoms with Gasteiger partial charge in [0.2, 0.25) is 5.91 Å². The molecule has 3 heterocycles. The smallest absolute Gasteiger partial charge is 0.276 e. The maximum absolute atomic E-state index is 13.4. The number of carbonyl (C=O) groups is 2. The summed E-state index contributed by atoms with van der Waals surface area (Å²) in [7, 11) is 0. The molecule has 0 radical (unpaired) electrons. The van der Waals surface area contributed by atoms with Crippen LogP contribution in [0, 0.1) is 12.8 Å². The van der Waals surface area contributed by atoms with E-state index < -0.39 is 11.8 Å². The van der Waals surface area contributed by atoms with Crippen LogP contribution < -0.4 is 21.5 Å². The fourth-order valence-electron chi connectivity index (χ4n) is 5.00. The zero-order chi connectivity index (χ0) is 22.5. The number of rotatable bonds is 4. The van der Waals surface area contributed by atoms with Crippen molar-refractivity contribution in [1.82, 2.24) is 19.9 Å². The van der Waals surface area contributed by atoms with Crippen molar-refractivity contribution >= 4 is 29.1 Å². The third-order valence-corrected chi connectivity index (χ3v) is 6.73. The van der Waals surface area contributed by atoms with Crippen LogP contribution in [-0.2, 0) is 10.5 Å². The molecular weight excluding hydrogens is 412 g/mol. The number of hydrogen-bond acceptors (Lipinski definition) is 7. The van der Waals surface area contributed by atoms with Crippen molar-refractivity contribution < 1.29 is 14.7 Å². The lowest BCUT2D eigenvalue weighted by Crippen LogP contribution is -2.48. The van der Waals surface area contributed by atoms with Gasteiger partial charge in [0.25, 0.3) is 11.5 Å². The SMILES string of the molecule is Cc1cc(Nc2cc(NC(=O)C3CC(O)C3)ncn2)c(=O)n2c1C(=O)NC21CCCCC1. The number of aliphatic hydroxyl groups excluding tert-OH is 1. The van der Waals surface area contributed by atoms with Crippen LogP contribution in [0.4, 0.5) is 17.3 Å². The molecular formula is C22H26N6O4. The molecule has 0 bridgehead atoms. The Hall–Kier alpha value is -3.27. The van der Waals surface area contributed by atoms with Crippen molar-refractivity contribution in [1.29, 1.82) is 0 Å². The fraction of sp³-hybridized carbons (Fsp3) is 0.500.